The lowest BCUT2D eigenvalue weighted by atomic mass is 10.0. The summed E-state index contributed by atoms with van der Waals surface area (Å²) < 4.78 is 21.9. The van der Waals surface area contributed by atoms with E-state index < -0.39 is 0 Å². The zero-order valence-corrected chi connectivity index (χ0v) is 18.9. The summed E-state index contributed by atoms with van der Waals surface area (Å²) in [5, 5.41) is 9.59. The number of rotatable bonds is 7. The second-order valence-electron chi connectivity index (χ2n) is 6.98. The Hall–Kier alpha value is -4.16. The van der Waals surface area contributed by atoms with Crippen LogP contribution in [0.1, 0.15) is 27.8 Å². The van der Waals surface area contributed by atoms with Gasteiger partial charge in [0.05, 0.1) is 46.2 Å². The number of methoxy groups -OCH3 is 4. The Morgan fingerprint density at radius 1 is 0.818 bits per heavy atom. The van der Waals surface area contributed by atoms with E-state index >= 15 is 0 Å². The molecule has 0 amide bonds. The minimum Gasteiger partial charge on any atom is -0.493 e. The van der Waals surface area contributed by atoms with Crippen molar-refractivity contribution in [2.24, 2.45) is 0 Å². The van der Waals surface area contributed by atoms with E-state index in [0.29, 0.717) is 51.9 Å². The zero-order chi connectivity index (χ0) is 24.0. The largest absolute Gasteiger partial charge is 0.493 e. The summed E-state index contributed by atoms with van der Waals surface area (Å²) in [6, 6.07) is 7.17. The van der Waals surface area contributed by atoms with Crippen LogP contribution in [0.15, 0.2) is 30.5 Å². The minimum atomic E-state index is -0.160. The van der Waals surface area contributed by atoms with Gasteiger partial charge in [-0.05, 0) is 35.4 Å². The third-order valence-electron chi connectivity index (χ3n) is 4.90. The van der Waals surface area contributed by atoms with Gasteiger partial charge in [0.15, 0.2) is 23.0 Å². The molecule has 1 heterocycles. The number of aliphatic hydroxyl groups excluding tert-OH is 1. The van der Waals surface area contributed by atoms with Gasteiger partial charge in [0, 0.05) is 18.2 Å². The molecule has 0 saturated heterocycles. The lowest BCUT2D eigenvalue weighted by Gasteiger charge is -2.13. The monoisotopic (exact) mass is 450 g/mol. The molecule has 0 aliphatic rings. The topological polar surface area (TPSA) is 135 Å². The van der Waals surface area contributed by atoms with Crippen molar-refractivity contribution in [3.63, 3.8) is 0 Å². The Bertz CT molecular complexity index is 1220. The molecule has 172 valence electrons. The van der Waals surface area contributed by atoms with Crippen molar-refractivity contribution in [1.29, 1.82) is 0 Å². The Balaban J connectivity index is 2.10. The molecule has 0 saturated carbocycles. The van der Waals surface area contributed by atoms with Crippen molar-refractivity contribution in [2.45, 2.75) is 13.0 Å². The van der Waals surface area contributed by atoms with Gasteiger partial charge in [-0.15, -0.1) is 0 Å². The molecule has 0 fully saturated rings. The molecule has 3 aromatic rings. The molecule has 0 radical (unpaired) electrons. The summed E-state index contributed by atoms with van der Waals surface area (Å²) in [5.41, 5.74) is 15.0. The molecule has 0 spiro atoms. The number of nitrogen functional groups attached to an aromatic ring is 2. The van der Waals surface area contributed by atoms with Crippen LogP contribution in [0.25, 0.3) is 0 Å². The van der Waals surface area contributed by atoms with Crippen molar-refractivity contribution < 1.29 is 24.1 Å². The highest BCUT2D eigenvalue weighted by Gasteiger charge is 2.14. The van der Waals surface area contributed by atoms with Crippen LogP contribution in [0.3, 0.4) is 0 Å². The van der Waals surface area contributed by atoms with Gasteiger partial charge < -0.3 is 35.5 Å². The van der Waals surface area contributed by atoms with Crippen LogP contribution < -0.4 is 30.4 Å². The van der Waals surface area contributed by atoms with E-state index in [9.17, 15) is 5.11 Å². The first-order valence-electron chi connectivity index (χ1n) is 9.93. The van der Waals surface area contributed by atoms with E-state index in [0.717, 1.165) is 11.1 Å². The molecular formula is C24H26N4O5. The summed E-state index contributed by atoms with van der Waals surface area (Å²) in [6.07, 6.45) is 2.04. The smallest absolute Gasteiger partial charge is 0.221 e. The van der Waals surface area contributed by atoms with Crippen LogP contribution in [0.4, 0.5) is 11.8 Å². The Labute approximate surface area is 192 Å². The van der Waals surface area contributed by atoms with Gasteiger partial charge in [-0.25, -0.2) is 4.98 Å². The molecule has 9 heteroatoms. The second-order valence-corrected chi connectivity index (χ2v) is 6.98. The van der Waals surface area contributed by atoms with Gasteiger partial charge in [0.1, 0.15) is 5.82 Å². The maximum absolute atomic E-state index is 9.59. The van der Waals surface area contributed by atoms with Gasteiger partial charge >= 0.3 is 0 Å². The summed E-state index contributed by atoms with van der Waals surface area (Å²) in [6.45, 7) is -0.160. The Kier molecular flexibility index (Phi) is 7.43. The molecule has 0 unspecified atom stereocenters. The van der Waals surface area contributed by atoms with Crippen LogP contribution in [0.5, 0.6) is 23.0 Å². The van der Waals surface area contributed by atoms with Gasteiger partial charge in [0.2, 0.25) is 5.95 Å². The first-order chi connectivity index (χ1) is 15.9. The average molecular weight is 450 g/mol. The lowest BCUT2D eigenvalue weighted by Crippen LogP contribution is -2.04. The van der Waals surface area contributed by atoms with Gasteiger partial charge in [-0.1, -0.05) is 11.8 Å². The predicted octanol–water partition coefficient (Wildman–Crippen LogP) is 2.16. The lowest BCUT2D eigenvalue weighted by molar-refractivity contribution is 0.280. The van der Waals surface area contributed by atoms with E-state index in [2.05, 4.69) is 21.8 Å². The first kappa shape index (κ1) is 23.5. The molecule has 5 N–H and O–H groups in total. The molecule has 2 aromatic carbocycles. The van der Waals surface area contributed by atoms with Crippen molar-refractivity contribution in [3.05, 3.63) is 58.3 Å². The molecule has 0 bridgehead atoms. The second kappa shape index (κ2) is 10.4. The molecule has 33 heavy (non-hydrogen) atoms. The fourth-order valence-corrected chi connectivity index (χ4v) is 3.35. The minimum absolute atomic E-state index is 0.115. The molecule has 9 nitrogen and oxygen atoms in total. The Morgan fingerprint density at radius 3 is 1.85 bits per heavy atom. The predicted molar refractivity (Wildman–Crippen MR) is 125 cm³/mol. The van der Waals surface area contributed by atoms with Crippen molar-refractivity contribution >= 4 is 11.8 Å². The quantitative estimate of drug-likeness (QED) is 0.463. The van der Waals surface area contributed by atoms with E-state index in [1.165, 1.54) is 14.2 Å². The summed E-state index contributed by atoms with van der Waals surface area (Å²) in [7, 11) is 6.16. The number of aliphatic hydroxyl groups is 1. The van der Waals surface area contributed by atoms with Crippen LogP contribution in [-0.4, -0.2) is 43.5 Å². The van der Waals surface area contributed by atoms with Gasteiger partial charge in [-0.2, -0.15) is 4.98 Å². The Morgan fingerprint density at radius 2 is 1.36 bits per heavy atom. The number of aromatic nitrogens is 2. The highest BCUT2D eigenvalue weighted by Crippen LogP contribution is 2.35. The van der Waals surface area contributed by atoms with E-state index in [-0.39, 0.29) is 12.6 Å². The average Bonchev–Trinajstić information content (AvgIpc) is 2.83. The number of ether oxygens (including phenoxy) is 4. The maximum atomic E-state index is 9.59. The van der Waals surface area contributed by atoms with Crippen LogP contribution >= 0.6 is 0 Å². The van der Waals surface area contributed by atoms with E-state index in [4.69, 9.17) is 30.4 Å². The number of nitrogens with two attached hydrogens (primary N) is 2. The fraction of sp³-hybridized carbons (Fsp3) is 0.250. The zero-order valence-electron chi connectivity index (χ0n) is 18.9. The number of nitrogens with zero attached hydrogens (tertiary/aromatic N) is 2. The molecular weight excluding hydrogens is 424 g/mol. The van der Waals surface area contributed by atoms with Crippen molar-refractivity contribution in [1.82, 2.24) is 9.97 Å². The van der Waals surface area contributed by atoms with Crippen molar-refractivity contribution in [3.8, 4) is 34.8 Å². The van der Waals surface area contributed by atoms with E-state index in [1.807, 2.05) is 12.1 Å². The molecule has 1 aromatic heterocycles. The van der Waals surface area contributed by atoms with E-state index in [1.54, 1.807) is 32.5 Å². The third-order valence-corrected chi connectivity index (χ3v) is 4.90. The normalized spacial score (nSPS) is 10.2. The molecule has 3 rings (SSSR count). The molecule has 0 atom stereocenters. The standard InChI is InChI=1S/C24H26N4O5/c1-30-19-10-14(8-18-12-27-24(26)28-23(18)25)7-16(21(19)32-3)5-6-17-9-15(13-29)11-20(31-2)22(17)33-4/h7,9-12,29H,8,13H2,1-4H3,(H4,25,26,27,28). The number of anilines is 2. The van der Waals surface area contributed by atoms with Gasteiger partial charge in [-0.3, -0.25) is 0 Å². The van der Waals surface area contributed by atoms with Gasteiger partial charge in [0.25, 0.3) is 0 Å². The highest BCUT2D eigenvalue weighted by atomic mass is 16.5. The summed E-state index contributed by atoms with van der Waals surface area (Å²) in [5.74, 6) is 8.60. The first-order valence-corrected chi connectivity index (χ1v) is 9.93. The molecule has 0 aliphatic heterocycles. The number of hydrogen-bond donors (Lipinski definition) is 3. The summed E-state index contributed by atoms with van der Waals surface area (Å²) >= 11 is 0. The number of benzene rings is 2. The third kappa shape index (κ3) is 5.19. The summed E-state index contributed by atoms with van der Waals surface area (Å²) in [4.78, 5) is 8.03. The molecule has 0 aliphatic carbocycles. The SMILES string of the molecule is COc1cc(CO)cc(C#Cc2cc(Cc3cnc(N)nc3N)cc(OC)c2OC)c1OC. The van der Waals surface area contributed by atoms with Crippen LogP contribution in [0.2, 0.25) is 0 Å². The van der Waals surface area contributed by atoms with Crippen LogP contribution in [-0.2, 0) is 13.0 Å². The highest BCUT2D eigenvalue weighted by molar-refractivity contribution is 5.62. The fourth-order valence-electron chi connectivity index (χ4n) is 3.35. The number of hydrogen-bond acceptors (Lipinski definition) is 9. The van der Waals surface area contributed by atoms with Crippen LogP contribution in [0, 0.1) is 11.8 Å². The maximum Gasteiger partial charge on any atom is 0.221 e. The van der Waals surface area contributed by atoms with Crippen molar-refractivity contribution in [2.75, 3.05) is 39.9 Å².